The number of fused-ring (bicyclic) bond motifs is 1. The summed E-state index contributed by atoms with van der Waals surface area (Å²) >= 11 is 4.30. The van der Waals surface area contributed by atoms with Crippen molar-refractivity contribution in [3.63, 3.8) is 0 Å². The molecule has 0 amide bonds. The van der Waals surface area contributed by atoms with E-state index in [9.17, 15) is 0 Å². The Hall–Kier alpha value is -2.87. The predicted octanol–water partition coefficient (Wildman–Crippen LogP) is 2.54. The van der Waals surface area contributed by atoms with Gasteiger partial charge >= 0.3 is 0 Å². The number of nitrogens with two attached hydrogens (primary N) is 1. The number of methoxy groups -OCH3 is 1. The van der Waals surface area contributed by atoms with E-state index in [1.165, 1.54) is 0 Å². The highest BCUT2D eigenvalue weighted by Gasteiger charge is 2.22. The molecule has 0 spiro atoms. The highest BCUT2D eigenvalue weighted by atomic mass is 32.1. The lowest BCUT2D eigenvalue weighted by Crippen LogP contribution is -2.01. The molecule has 0 saturated heterocycles. The van der Waals surface area contributed by atoms with E-state index in [4.69, 9.17) is 19.9 Å². The molecule has 0 radical (unpaired) electrons. The van der Waals surface area contributed by atoms with Crippen LogP contribution < -0.4 is 19.9 Å². The molecular formula is C16H14N4O3S. The summed E-state index contributed by atoms with van der Waals surface area (Å²) in [6.07, 6.45) is 1.67. The zero-order valence-corrected chi connectivity index (χ0v) is 13.7. The molecule has 0 unspecified atom stereocenters. The maximum atomic E-state index is 5.95. The van der Waals surface area contributed by atoms with E-state index in [1.54, 1.807) is 18.0 Å². The maximum absolute atomic E-state index is 5.95. The molecule has 7 nitrogen and oxygen atoms in total. The van der Waals surface area contributed by atoms with Crippen LogP contribution in [0.4, 0.5) is 5.69 Å². The maximum Gasteiger partial charge on any atom is 0.231 e. The van der Waals surface area contributed by atoms with Crippen LogP contribution in [-0.2, 0) is 0 Å². The minimum absolute atomic E-state index is 0.166. The number of thiol groups is 1. The van der Waals surface area contributed by atoms with E-state index in [2.05, 4.69) is 22.9 Å². The molecule has 8 heteroatoms. The number of hydrogen-bond acceptors (Lipinski definition) is 7. The molecule has 1 aromatic heterocycles. The van der Waals surface area contributed by atoms with Crippen LogP contribution in [0.15, 0.2) is 41.4 Å². The molecule has 2 aromatic carbocycles. The second-order valence-corrected chi connectivity index (χ2v) is 5.67. The molecule has 3 aromatic rings. The van der Waals surface area contributed by atoms with Crippen LogP contribution in [0.5, 0.6) is 17.2 Å². The molecule has 0 bridgehead atoms. The van der Waals surface area contributed by atoms with Gasteiger partial charge in [-0.25, -0.2) is 4.68 Å². The zero-order valence-electron chi connectivity index (χ0n) is 12.8. The number of nitrogens with zero attached hydrogens (tertiary/aromatic N) is 3. The van der Waals surface area contributed by atoms with Crippen LogP contribution in [0.25, 0.3) is 16.9 Å². The predicted molar refractivity (Wildman–Crippen MR) is 91.1 cm³/mol. The lowest BCUT2D eigenvalue weighted by Gasteiger charge is -2.11. The van der Waals surface area contributed by atoms with Gasteiger partial charge in [0.25, 0.3) is 0 Å². The van der Waals surface area contributed by atoms with Crippen molar-refractivity contribution < 1.29 is 14.2 Å². The van der Waals surface area contributed by atoms with Gasteiger partial charge in [-0.1, -0.05) is 11.3 Å². The number of nitrogen functional groups attached to an aromatic ring is 1. The number of aromatic nitrogens is 3. The minimum Gasteiger partial charge on any atom is -0.493 e. The van der Waals surface area contributed by atoms with Crippen molar-refractivity contribution in [2.24, 2.45) is 0 Å². The van der Waals surface area contributed by atoms with Crippen molar-refractivity contribution in [2.45, 2.75) is 4.90 Å². The monoisotopic (exact) mass is 342 g/mol. The average Bonchev–Trinajstić information content (AvgIpc) is 3.24. The van der Waals surface area contributed by atoms with Gasteiger partial charge in [-0.05, 0) is 12.1 Å². The average molecular weight is 342 g/mol. The summed E-state index contributed by atoms with van der Waals surface area (Å²) in [6, 6.07) is 9.24. The van der Waals surface area contributed by atoms with Crippen LogP contribution in [-0.4, -0.2) is 28.9 Å². The quantitative estimate of drug-likeness (QED) is 0.562. The summed E-state index contributed by atoms with van der Waals surface area (Å²) in [7, 11) is 1.58. The summed E-state index contributed by atoms with van der Waals surface area (Å²) < 4.78 is 18.0. The molecule has 1 aliphatic rings. The van der Waals surface area contributed by atoms with Gasteiger partial charge in [0, 0.05) is 28.3 Å². The summed E-state index contributed by atoms with van der Waals surface area (Å²) in [5.41, 5.74) is 8.96. The fourth-order valence-electron chi connectivity index (χ4n) is 2.57. The standard InChI is InChI=1S/C16H14N4O3S/c1-21-13-5-10(6-14-16(13)23-8-22-14)20-12(7-18-19-20)9-2-3-15(24)11(17)4-9/h2-7,24H,8,17H2,1H3. The first-order valence-electron chi connectivity index (χ1n) is 7.15. The third-order valence-electron chi connectivity index (χ3n) is 3.76. The Balaban J connectivity index is 1.84. The van der Waals surface area contributed by atoms with Gasteiger partial charge in [0.05, 0.1) is 24.7 Å². The fourth-order valence-corrected chi connectivity index (χ4v) is 2.71. The molecule has 24 heavy (non-hydrogen) atoms. The molecule has 2 N–H and O–H groups in total. The van der Waals surface area contributed by atoms with Crippen molar-refractivity contribution in [3.8, 4) is 34.2 Å². The first-order valence-corrected chi connectivity index (χ1v) is 7.59. The number of anilines is 1. The highest BCUT2D eigenvalue weighted by molar-refractivity contribution is 7.80. The van der Waals surface area contributed by atoms with E-state index in [-0.39, 0.29) is 6.79 Å². The fraction of sp³-hybridized carbons (Fsp3) is 0.125. The summed E-state index contributed by atoms with van der Waals surface area (Å²) in [5, 5.41) is 8.19. The van der Waals surface area contributed by atoms with Crippen LogP contribution in [0, 0.1) is 0 Å². The second kappa shape index (κ2) is 5.64. The van der Waals surface area contributed by atoms with Crippen molar-refractivity contribution >= 4 is 18.3 Å². The summed E-state index contributed by atoms with van der Waals surface area (Å²) in [5.74, 6) is 1.77. The van der Waals surface area contributed by atoms with Crippen LogP contribution in [0.2, 0.25) is 0 Å². The van der Waals surface area contributed by atoms with Gasteiger partial charge in [-0.3, -0.25) is 0 Å². The van der Waals surface area contributed by atoms with E-state index in [0.29, 0.717) is 22.9 Å². The van der Waals surface area contributed by atoms with Gasteiger partial charge in [0.1, 0.15) is 0 Å². The number of ether oxygens (including phenoxy) is 3. The van der Waals surface area contributed by atoms with Crippen LogP contribution in [0.1, 0.15) is 0 Å². The van der Waals surface area contributed by atoms with Crippen molar-refractivity contribution in [1.29, 1.82) is 0 Å². The van der Waals surface area contributed by atoms with Crippen LogP contribution in [0.3, 0.4) is 0 Å². The topological polar surface area (TPSA) is 84.4 Å². The number of rotatable bonds is 3. The lowest BCUT2D eigenvalue weighted by atomic mass is 10.1. The minimum atomic E-state index is 0.166. The Morgan fingerprint density at radius 3 is 2.92 bits per heavy atom. The van der Waals surface area contributed by atoms with E-state index < -0.39 is 0 Å². The Morgan fingerprint density at radius 1 is 1.25 bits per heavy atom. The Kier molecular flexibility index (Phi) is 3.46. The summed E-state index contributed by atoms with van der Waals surface area (Å²) in [4.78, 5) is 0.725. The third-order valence-corrected chi connectivity index (χ3v) is 4.17. The smallest absolute Gasteiger partial charge is 0.231 e. The Labute approximate surface area is 143 Å². The van der Waals surface area contributed by atoms with Crippen molar-refractivity contribution in [1.82, 2.24) is 15.0 Å². The lowest BCUT2D eigenvalue weighted by molar-refractivity contribution is 0.171. The summed E-state index contributed by atoms with van der Waals surface area (Å²) in [6.45, 7) is 0.166. The molecule has 1 aliphatic heterocycles. The van der Waals surface area contributed by atoms with Gasteiger partial charge < -0.3 is 19.9 Å². The number of benzene rings is 2. The molecule has 0 aliphatic carbocycles. The number of hydrogen-bond donors (Lipinski definition) is 2. The Bertz CT molecular complexity index is 926. The largest absolute Gasteiger partial charge is 0.493 e. The van der Waals surface area contributed by atoms with Gasteiger partial charge in [-0.2, -0.15) is 0 Å². The molecule has 0 atom stereocenters. The van der Waals surface area contributed by atoms with Gasteiger partial charge in [-0.15, -0.1) is 17.7 Å². The van der Waals surface area contributed by atoms with E-state index in [0.717, 1.165) is 21.8 Å². The molecule has 122 valence electrons. The van der Waals surface area contributed by atoms with Gasteiger partial charge in [0.2, 0.25) is 12.5 Å². The molecular weight excluding hydrogens is 328 g/mol. The molecule has 0 saturated carbocycles. The third kappa shape index (κ3) is 2.31. The molecule has 0 fully saturated rings. The highest BCUT2D eigenvalue weighted by Crippen LogP contribution is 2.43. The van der Waals surface area contributed by atoms with Crippen molar-refractivity contribution in [2.75, 3.05) is 19.6 Å². The normalized spacial score (nSPS) is 12.4. The van der Waals surface area contributed by atoms with Gasteiger partial charge in [0.15, 0.2) is 11.5 Å². The molecule has 4 rings (SSSR count). The first-order chi connectivity index (χ1) is 11.7. The van der Waals surface area contributed by atoms with E-state index in [1.807, 2.05) is 30.3 Å². The second-order valence-electron chi connectivity index (χ2n) is 5.19. The SMILES string of the molecule is COc1cc(-n2nncc2-c2ccc(S)c(N)c2)cc2c1OCO2. The van der Waals surface area contributed by atoms with Crippen molar-refractivity contribution in [3.05, 3.63) is 36.5 Å². The first kappa shape index (κ1) is 14.7. The zero-order chi connectivity index (χ0) is 16.7. The van der Waals surface area contributed by atoms with E-state index >= 15 is 0 Å². The molecule has 2 heterocycles. The Morgan fingerprint density at radius 2 is 2.12 bits per heavy atom. The van der Waals surface area contributed by atoms with Crippen LogP contribution >= 0.6 is 12.6 Å².